The molecular formula is C32H46O10. The fourth-order valence-corrected chi connectivity index (χ4v) is 10.8. The number of cyclic esters (lactones) is 1. The van der Waals surface area contributed by atoms with Gasteiger partial charge in [-0.2, -0.15) is 0 Å². The summed E-state index contributed by atoms with van der Waals surface area (Å²) in [5.74, 6) is -0.0281. The molecule has 2 saturated heterocycles. The first kappa shape index (κ1) is 29.2. The van der Waals surface area contributed by atoms with Crippen molar-refractivity contribution in [3.63, 3.8) is 0 Å². The third-order valence-electron chi connectivity index (χ3n) is 13.0. The molecule has 0 aromatic rings. The van der Waals surface area contributed by atoms with E-state index in [2.05, 4.69) is 13.8 Å². The molecule has 0 unspecified atom stereocenters. The minimum atomic E-state index is -0.941. The molecule has 0 aromatic carbocycles. The number of hydrogen-bond acceptors (Lipinski definition) is 10. The van der Waals surface area contributed by atoms with Crippen molar-refractivity contribution < 1.29 is 48.2 Å². The predicted molar refractivity (Wildman–Crippen MR) is 147 cm³/mol. The molecule has 14 atom stereocenters. The lowest BCUT2D eigenvalue weighted by Gasteiger charge is -2.62. The van der Waals surface area contributed by atoms with Crippen LogP contribution in [-0.2, 0) is 38.0 Å². The second-order valence-electron chi connectivity index (χ2n) is 14.6. The van der Waals surface area contributed by atoms with Crippen LogP contribution in [0.2, 0.25) is 0 Å². The summed E-state index contributed by atoms with van der Waals surface area (Å²) in [7, 11) is 1.49. The number of epoxide rings is 1. The zero-order chi connectivity index (χ0) is 29.8. The van der Waals surface area contributed by atoms with E-state index in [1.807, 2.05) is 0 Å². The van der Waals surface area contributed by atoms with E-state index in [0.717, 1.165) is 50.5 Å². The first-order valence-electron chi connectivity index (χ1n) is 15.8. The quantitative estimate of drug-likeness (QED) is 0.280. The van der Waals surface area contributed by atoms with Gasteiger partial charge in [0.15, 0.2) is 12.4 Å². The summed E-state index contributed by atoms with van der Waals surface area (Å²) >= 11 is 0. The van der Waals surface area contributed by atoms with Crippen LogP contribution in [0.5, 0.6) is 0 Å². The lowest BCUT2D eigenvalue weighted by Crippen LogP contribution is -2.68. The number of aliphatic hydroxyl groups is 2. The van der Waals surface area contributed by atoms with E-state index < -0.39 is 47.9 Å². The van der Waals surface area contributed by atoms with Crippen molar-refractivity contribution in [2.24, 2.45) is 28.6 Å². The van der Waals surface area contributed by atoms with Gasteiger partial charge in [0.05, 0.1) is 18.3 Å². The molecule has 0 amide bonds. The summed E-state index contributed by atoms with van der Waals surface area (Å²) in [5.41, 5.74) is -0.815. The average Bonchev–Trinajstić information content (AvgIpc) is 3.38. The van der Waals surface area contributed by atoms with Gasteiger partial charge in [0, 0.05) is 25.5 Å². The molecule has 10 heteroatoms. The number of ether oxygens (including phenoxy) is 6. The smallest absolute Gasteiger partial charge is 0.331 e. The third kappa shape index (κ3) is 3.84. The zero-order valence-electron chi connectivity index (χ0n) is 25.4. The fourth-order valence-electron chi connectivity index (χ4n) is 10.8. The SMILES string of the molecule is CO[C@@H]1[C@@H](O)[C@H](C)O[C@@H](O[C@H]2CC[C@@]3(C)[C@@H](C2)C[C@H]2O[C@]24[C@@H]3CC[C@]2(C)[C@@H](C3=CC(=O)OC3)CC[C@]42O)[C@H]1OC(C)=O. The van der Waals surface area contributed by atoms with Crippen molar-refractivity contribution in [3.05, 3.63) is 11.6 Å². The van der Waals surface area contributed by atoms with Crippen molar-refractivity contribution in [1.29, 1.82) is 0 Å². The van der Waals surface area contributed by atoms with E-state index in [1.165, 1.54) is 14.0 Å². The van der Waals surface area contributed by atoms with E-state index in [9.17, 15) is 19.8 Å². The maximum Gasteiger partial charge on any atom is 0.331 e. The zero-order valence-corrected chi connectivity index (χ0v) is 25.4. The Morgan fingerprint density at radius 3 is 2.57 bits per heavy atom. The van der Waals surface area contributed by atoms with Gasteiger partial charge in [-0.25, -0.2) is 4.79 Å². The topological polar surface area (TPSA) is 133 Å². The van der Waals surface area contributed by atoms with Gasteiger partial charge in [-0.05, 0) is 87.0 Å². The lowest BCUT2D eigenvalue weighted by atomic mass is 9.43. The number of rotatable bonds is 5. The van der Waals surface area contributed by atoms with Gasteiger partial charge in [-0.1, -0.05) is 13.8 Å². The maximum atomic E-state index is 12.6. The van der Waals surface area contributed by atoms with Crippen molar-refractivity contribution in [1.82, 2.24) is 0 Å². The second-order valence-corrected chi connectivity index (χ2v) is 14.6. The number of carbonyl (C=O) groups is 2. The molecule has 7 aliphatic rings. The fraction of sp³-hybridized carbons (Fsp3) is 0.875. The summed E-state index contributed by atoms with van der Waals surface area (Å²) in [4.78, 5) is 23.8. The highest BCUT2D eigenvalue weighted by atomic mass is 16.7. The van der Waals surface area contributed by atoms with Crippen LogP contribution in [0.1, 0.15) is 79.1 Å². The van der Waals surface area contributed by atoms with E-state index in [1.54, 1.807) is 13.0 Å². The Morgan fingerprint density at radius 2 is 1.88 bits per heavy atom. The minimum Gasteiger partial charge on any atom is -0.458 e. The highest BCUT2D eigenvalue weighted by Crippen LogP contribution is 2.77. The highest BCUT2D eigenvalue weighted by molar-refractivity contribution is 5.85. The molecule has 4 saturated carbocycles. The molecule has 234 valence electrons. The number of carbonyl (C=O) groups excluding carboxylic acids is 2. The summed E-state index contributed by atoms with van der Waals surface area (Å²) in [5, 5.41) is 23.3. The van der Waals surface area contributed by atoms with Crippen LogP contribution in [0.3, 0.4) is 0 Å². The Labute approximate surface area is 247 Å². The number of hydrogen-bond donors (Lipinski definition) is 2. The Morgan fingerprint density at radius 1 is 1.10 bits per heavy atom. The Bertz CT molecular complexity index is 1170. The van der Waals surface area contributed by atoms with Gasteiger partial charge >= 0.3 is 11.9 Å². The standard InChI is InChI=1S/C32H46O10/c1-16-25(35)26(37-5)27(40-17(2)33)28(39-16)41-20-6-9-29(3)19(13-20)14-23-32(42-23)22(29)8-10-30(4)21(7-11-31(30,32)36)18-12-24(34)38-15-18/h12,16,19-23,25-28,35-36H,6-11,13-15H2,1-5H3/t16-,19-,20-,21+,22+,23+,25-,26+,27-,28-,29-,30+,31+,32+/m0/s1. The first-order chi connectivity index (χ1) is 19.9. The van der Waals surface area contributed by atoms with Gasteiger partial charge in [0.25, 0.3) is 0 Å². The number of esters is 2. The molecule has 3 aliphatic heterocycles. The molecule has 42 heavy (non-hydrogen) atoms. The van der Waals surface area contributed by atoms with Crippen molar-refractivity contribution in [2.45, 2.75) is 133 Å². The Balaban J connectivity index is 1.09. The van der Waals surface area contributed by atoms with Crippen molar-refractivity contribution >= 4 is 11.9 Å². The molecule has 3 heterocycles. The number of fused-ring (bicyclic) bond motifs is 3. The van der Waals surface area contributed by atoms with Crippen molar-refractivity contribution in [2.75, 3.05) is 13.7 Å². The van der Waals surface area contributed by atoms with Crippen LogP contribution in [-0.4, -0.2) is 90.0 Å². The van der Waals surface area contributed by atoms with Gasteiger partial charge in [-0.15, -0.1) is 0 Å². The maximum absolute atomic E-state index is 12.6. The van der Waals surface area contributed by atoms with Gasteiger partial charge in [0.1, 0.15) is 30.0 Å². The molecule has 10 nitrogen and oxygen atoms in total. The van der Waals surface area contributed by atoms with E-state index in [-0.39, 0.29) is 40.8 Å². The van der Waals surface area contributed by atoms with Crippen LogP contribution in [0, 0.1) is 28.6 Å². The summed E-state index contributed by atoms with van der Waals surface area (Å²) in [6.07, 6.45) is 4.48. The van der Waals surface area contributed by atoms with Crippen LogP contribution in [0.25, 0.3) is 0 Å². The van der Waals surface area contributed by atoms with Gasteiger partial charge in [0.2, 0.25) is 0 Å². The minimum absolute atomic E-state index is 0.00499. The van der Waals surface area contributed by atoms with Crippen LogP contribution in [0.4, 0.5) is 0 Å². The monoisotopic (exact) mass is 590 g/mol. The Hall–Kier alpha value is -1.56. The highest BCUT2D eigenvalue weighted by Gasteiger charge is 2.84. The van der Waals surface area contributed by atoms with Gasteiger partial charge in [-0.3, -0.25) is 4.79 Å². The van der Waals surface area contributed by atoms with E-state index >= 15 is 0 Å². The summed E-state index contributed by atoms with van der Waals surface area (Å²) in [6, 6.07) is 0. The van der Waals surface area contributed by atoms with E-state index in [0.29, 0.717) is 18.9 Å². The lowest BCUT2D eigenvalue weighted by molar-refractivity contribution is -0.315. The first-order valence-corrected chi connectivity index (χ1v) is 15.8. The molecule has 6 fully saturated rings. The molecule has 2 N–H and O–H groups in total. The van der Waals surface area contributed by atoms with Crippen LogP contribution in [0.15, 0.2) is 11.6 Å². The molecule has 1 spiro atoms. The molecule has 7 rings (SSSR count). The van der Waals surface area contributed by atoms with Crippen molar-refractivity contribution in [3.8, 4) is 0 Å². The average molecular weight is 591 g/mol. The molecule has 4 aliphatic carbocycles. The second kappa shape index (κ2) is 9.72. The molecule has 0 aromatic heterocycles. The van der Waals surface area contributed by atoms with Crippen LogP contribution >= 0.6 is 0 Å². The van der Waals surface area contributed by atoms with Gasteiger partial charge < -0.3 is 38.6 Å². The Kier molecular flexibility index (Phi) is 6.75. The predicted octanol–water partition coefficient (Wildman–Crippen LogP) is 2.81. The van der Waals surface area contributed by atoms with Crippen LogP contribution < -0.4 is 0 Å². The molecule has 0 bridgehead atoms. The summed E-state index contributed by atoms with van der Waals surface area (Å²) < 4.78 is 35.6. The molecule has 0 radical (unpaired) electrons. The third-order valence-corrected chi connectivity index (χ3v) is 13.0. The normalized spacial score (nSPS) is 54.5. The summed E-state index contributed by atoms with van der Waals surface area (Å²) in [6.45, 7) is 8.04. The molecular weight excluding hydrogens is 544 g/mol. The largest absolute Gasteiger partial charge is 0.458 e. The number of methoxy groups -OCH3 is 1. The number of aliphatic hydroxyl groups excluding tert-OH is 1. The van der Waals surface area contributed by atoms with E-state index in [4.69, 9.17) is 28.4 Å².